The number of benzene rings is 2. The van der Waals surface area contributed by atoms with Crippen molar-refractivity contribution in [2.75, 3.05) is 6.61 Å². The smallest absolute Gasteiger partial charge is 0.408 e. The van der Waals surface area contributed by atoms with Crippen LogP contribution in [0, 0.1) is 5.92 Å². The van der Waals surface area contributed by atoms with Gasteiger partial charge in [0.25, 0.3) is 0 Å². The summed E-state index contributed by atoms with van der Waals surface area (Å²) in [4.78, 5) is 25.0. The van der Waals surface area contributed by atoms with Crippen LogP contribution in [0.5, 0.6) is 0 Å². The van der Waals surface area contributed by atoms with Crippen molar-refractivity contribution in [1.82, 2.24) is 10.6 Å². The van der Waals surface area contributed by atoms with Gasteiger partial charge in [-0.1, -0.05) is 74.5 Å². The maximum Gasteiger partial charge on any atom is 0.408 e. The highest BCUT2D eigenvalue weighted by Crippen LogP contribution is 2.07. The average Bonchev–Trinajstić information content (AvgIpc) is 2.71. The van der Waals surface area contributed by atoms with Gasteiger partial charge in [0.1, 0.15) is 12.6 Å². The lowest BCUT2D eigenvalue weighted by Crippen LogP contribution is -2.52. The van der Waals surface area contributed by atoms with Crippen LogP contribution in [0.15, 0.2) is 60.7 Å². The highest BCUT2D eigenvalue weighted by molar-refractivity contribution is 5.86. The van der Waals surface area contributed by atoms with E-state index in [0.29, 0.717) is 6.42 Å². The lowest BCUT2D eigenvalue weighted by molar-refractivity contribution is -0.124. The van der Waals surface area contributed by atoms with E-state index in [1.165, 1.54) is 0 Å². The van der Waals surface area contributed by atoms with E-state index < -0.39 is 12.1 Å². The zero-order valence-electron chi connectivity index (χ0n) is 16.3. The zero-order valence-corrected chi connectivity index (χ0v) is 16.3. The molecule has 0 saturated carbocycles. The number of ether oxygens (including phenoxy) is 1. The number of hydrogen-bond donors (Lipinski definition) is 3. The molecule has 6 heteroatoms. The largest absolute Gasteiger partial charge is 0.445 e. The lowest BCUT2D eigenvalue weighted by atomic mass is 10.0. The summed E-state index contributed by atoms with van der Waals surface area (Å²) in [6.45, 7) is 3.78. The molecule has 2 unspecified atom stereocenters. The van der Waals surface area contributed by atoms with Gasteiger partial charge in [0.2, 0.25) is 5.91 Å². The van der Waals surface area contributed by atoms with E-state index in [2.05, 4.69) is 10.6 Å². The molecular formula is C22H28N2O4. The fraction of sp³-hybridized carbons (Fsp3) is 0.364. The van der Waals surface area contributed by atoms with E-state index in [4.69, 9.17) is 4.74 Å². The topological polar surface area (TPSA) is 87.7 Å². The quantitative estimate of drug-likeness (QED) is 0.620. The van der Waals surface area contributed by atoms with Gasteiger partial charge < -0.3 is 20.5 Å². The Morgan fingerprint density at radius 3 is 2.04 bits per heavy atom. The maximum absolute atomic E-state index is 12.7. The standard InChI is InChI=1S/C22H28N2O4/c1-16(2)20(14-25)23-21(26)19(13-17-9-5-3-6-10-17)24-22(27)28-15-18-11-7-4-8-12-18/h3-12,16,19-20,25H,13-15H2,1-2H3,(H,23,26)(H,24,27). The fourth-order valence-electron chi connectivity index (χ4n) is 2.67. The number of nitrogens with one attached hydrogen (secondary N) is 2. The number of alkyl carbamates (subject to hydrolysis) is 1. The molecule has 0 spiro atoms. The van der Waals surface area contributed by atoms with Crippen molar-refractivity contribution >= 4 is 12.0 Å². The molecule has 6 nitrogen and oxygen atoms in total. The van der Waals surface area contributed by atoms with Crippen LogP contribution in [0.25, 0.3) is 0 Å². The van der Waals surface area contributed by atoms with Gasteiger partial charge in [0.15, 0.2) is 0 Å². The summed E-state index contributed by atoms with van der Waals surface area (Å²) in [5.74, 6) is -0.287. The number of hydrogen-bond acceptors (Lipinski definition) is 4. The molecule has 0 fully saturated rings. The van der Waals surface area contributed by atoms with E-state index in [0.717, 1.165) is 11.1 Å². The Hall–Kier alpha value is -2.86. The number of carbonyl (C=O) groups excluding carboxylic acids is 2. The molecule has 0 aliphatic carbocycles. The first-order valence-electron chi connectivity index (χ1n) is 9.42. The van der Waals surface area contributed by atoms with Gasteiger partial charge >= 0.3 is 6.09 Å². The average molecular weight is 384 g/mol. The van der Waals surface area contributed by atoms with Crippen LogP contribution in [-0.2, 0) is 22.6 Å². The highest BCUT2D eigenvalue weighted by atomic mass is 16.5. The summed E-state index contributed by atoms with van der Waals surface area (Å²) in [5.41, 5.74) is 1.78. The second-order valence-corrected chi connectivity index (χ2v) is 6.99. The molecule has 2 atom stereocenters. The predicted molar refractivity (Wildman–Crippen MR) is 108 cm³/mol. The van der Waals surface area contributed by atoms with Gasteiger partial charge in [0, 0.05) is 6.42 Å². The number of amides is 2. The molecule has 2 aromatic carbocycles. The van der Waals surface area contributed by atoms with E-state index in [9.17, 15) is 14.7 Å². The first-order chi connectivity index (χ1) is 13.5. The molecule has 0 saturated heterocycles. The molecule has 150 valence electrons. The summed E-state index contributed by atoms with van der Waals surface area (Å²) < 4.78 is 5.25. The molecule has 2 rings (SSSR count). The van der Waals surface area contributed by atoms with Crippen LogP contribution in [0.1, 0.15) is 25.0 Å². The number of aliphatic hydroxyl groups excluding tert-OH is 1. The van der Waals surface area contributed by atoms with Crippen LogP contribution in [-0.4, -0.2) is 35.8 Å². The summed E-state index contributed by atoms with van der Waals surface area (Å²) in [5, 5.41) is 14.9. The Morgan fingerprint density at radius 2 is 1.50 bits per heavy atom. The van der Waals surface area contributed by atoms with E-state index >= 15 is 0 Å². The Kier molecular flexibility index (Phi) is 8.49. The first kappa shape index (κ1) is 21.4. The molecule has 0 bridgehead atoms. The second-order valence-electron chi connectivity index (χ2n) is 6.99. The maximum atomic E-state index is 12.7. The highest BCUT2D eigenvalue weighted by Gasteiger charge is 2.25. The van der Waals surface area contributed by atoms with Gasteiger partial charge in [-0.2, -0.15) is 0 Å². The number of aliphatic hydroxyl groups is 1. The first-order valence-corrected chi connectivity index (χ1v) is 9.42. The molecule has 3 N–H and O–H groups in total. The minimum absolute atomic E-state index is 0.0661. The van der Waals surface area contributed by atoms with Crippen LogP contribution in [0.3, 0.4) is 0 Å². The summed E-state index contributed by atoms with van der Waals surface area (Å²) in [7, 11) is 0. The third-order valence-corrected chi connectivity index (χ3v) is 4.43. The molecule has 2 aromatic rings. The van der Waals surface area contributed by atoms with Crippen molar-refractivity contribution < 1.29 is 19.4 Å². The van der Waals surface area contributed by atoms with Crippen molar-refractivity contribution in [1.29, 1.82) is 0 Å². The van der Waals surface area contributed by atoms with Crippen molar-refractivity contribution in [2.24, 2.45) is 5.92 Å². The van der Waals surface area contributed by atoms with Crippen LogP contribution < -0.4 is 10.6 Å². The lowest BCUT2D eigenvalue weighted by Gasteiger charge is -2.24. The minimum Gasteiger partial charge on any atom is -0.445 e. The molecular weight excluding hydrogens is 356 g/mol. The van der Waals surface area contributed by atoms with E-state index in [-0.39, 0.29) is 31.1 Å². The van der Waals surface area contributed by atoms with Crippen LogP contribution in [0.2, 0.25) is 0 Å². The molecule has 0 radical (unpaired) electrons. The summed E-state index contributed by atoms with van der Waals surface area (Å²) in [6.07, 6.45) is -0.339. The molecule has 28 heavy (non-hydrogen) atoms. The van der Waals surface area contributed by atoms with Crippen LogP contribution >= 0.6 is 0 Å². The second kappa shape index (κ2) is 11.1. The third kappa shape index (κ3) is 7.04. The van der Waals surface area contributed by atoms with E-state index in [1.54, 1.807) is 0 Å². The SMILES string of the molecule is CC(C)C(CO)NC(=O)C(Cc1ccccc1)NC(=O)OCc1ccccc1. The molecule has 2 amide bonds. The number of carbonyl (C=O) groups is 2. The molecule has 0 aliphatic heterocycles. The Balaban J connectivity index is 2.02. The monoisotopic (exact) mass is 384 g/mol. The van der Waals surface area contributed by atoms with Crippen molar-refractivity contribution in [3.05, 3.63) is 71.8 Å². The van der Waals surface area contributed by atoms with Crippen LogP contribution in [0.4, 0.5) is 4.79 Å². The van der Waals surface area contributed by atoms with Gasteiger partial charge in [-0.05, 0) is 17.0 Å². The number of rotatable bonds is 9. The Labute approximate surface area is 165 Å². The van der Waals surface area contributed by atoms with Crippen molar-refractivity contribution in [3.8, 4) is 0 Å². The fourth-order valence-corrected chi connectivity index (χ4v) is 2.67. The van der Waals surface area contributed by atoms with Gasteiger partial charge in [-0.25, -0.2) is 4.79 Å². The molecule has 0 aromatic heterocycles. The Bertz CT molecular complexity index is 735. The normalized spacial score (nSPS) is 12.9. The molecule has 0 aliphatic rings. The minimum atomic E-state index is -0.807. The van der Waals surface area contributed by atoms with Gasteiger partial charge in [0.05, 0.1) is 12.6 Å². The summed E-state index contributed by atoms with van der Waals surface area (Å²) >= 11 is 0. The molecule has 0 heterocycles. The van der Waals surface area contributed by atoms with Crippen molar-refractivity contribution in [3.63, 3.8) is 0 Å². The summed E-state index contributed by atoms with van der Waals surface area (Å²) in [6, 6.07) is 17.6. The zero-order chi connectivity index (χ0) is 20.4. The van der Waals surface area contributed by atoms with Gasteiger partial charge in [-0.15, -0.1) is 0 Å². The predicted octanol–water partition coefficient (Wildman–Crippen LogP) is 2.66. The van der Waals surface area contributed by atoms with Gasteiger partial charge in [-0.3, -0.25) is 4.79 Å². The third-order valence-electron chi connectivity index (χ3n) is 4.43. The van der Waals surface area contributed by atoms with E-state index in [1.807, 2.05) is 74.5 Å². The Morgan fingerprint density at radius 1 is 0.929 bits per heavy atom. The van der Waals surface area contributed by atoms with Crippen molar-refractivity contribution in [2.45, 2.75) is 39.0 Å².